The number of hydrogen-bond donors (Lipinski definition) is 0. The number of nitrogens with zero attached hydrogens (tertiary/aromatic N) is 1. The van der Waals surface area contributed by atoms with Crippen LogP contribution < -0.4 is 41.5 Å². The molecule has 0 N–H and O–H groups in total. The van der Waals surface area contributed by atoms with E-state index in [1.54, 1.807) is 0 Å². The number of benzene rings is 7. The highest BCUT2D eigenvalue weighted by molar-refractivity contribution is 7.86. The van der Waals surface area contributed by atoms with Crippen molar-refractivity contribution in [2.75, 3.05) is 4.90 Å². The molecule has 0 aliphatic carbocycles. The summed E-state index contributed by atoms with van der Waals surface area (Å²) in [5, 5.41) is 3.98. The Hall–Kier alpha value is -5.40. The van der Waals surface area contributed by atoms with Gasteiger partial charge in [-0.1, -0.05) is 152 Å². The van der Waals surface area contributed by atoms with Crippen LogP contribution >= 0.6 is 14.3 Å². The Morgan fingerprint density at radius 1 is 0.354 bits per heavy atom. The van der Waals surface area contributed by atoms with Crippen LogP contribution in [0, 0.1) is 0 Å². The van der Waals surface area contributed by atoms with Gasteiger partial charge >= 0.3 is 0 Å². The molecule has 7 aromatic rings. The van der Waals surface area contributed by atoms with E-state index in [0.29, 0.717) is 43.3 Å². The number of fused-ring (bicyclic) bond motifs is 2. The van der Waals surface area contributed by atoms with Crippen LogP contribution in [-0.4, -0.2) is 0 Å². The molecule has 0 saturated heterocycles. The van der Waals surface area contributed by atoms with Crippen molar-refractivity contribution in [2.24, 2.45) is 0 Å². The largest absolute Gasteiger partial charge is 0.451 e. The second-order valence-electron chi connectivity index (χ2n) is 11.6. The van der Waals surface area contributed by atoms with Crippen LogP contribution in [0.25, 0.3) is 0 Å². The van der Waals surface area contributed by atoms with Gasteiger partial charge in [0.15, 0.2) is 25.8 Å². The van der Waals surface area contributed by atoms with Crippen LogP contribution in [0.3, 0.4) is 0 Å². The highest BCUT2D eigenvalue weighted by Crippen LogP contribution is 2.57. The zero-order chi connectivity index (χ0) is 32.6. The second kappa shape index (κ2) is 12.3. The van der Waals surface area contributed by atoms with E-state index in [-0.39, 0.29) is 0 Å². The zero-order valence-corrected chi connectivity index (χ0v) is 27.8. The second-order valence-corrected chi connectivity index (χ2v) is 17.1. The Morgan fingerprint density at radius 3 is 1.00 bits per heavy atom. The van der Waals surface area contributed by atoms with Crippen molar-refractivity contribution in [1.29, 1.82) is 0 Å². The molecule has 0 amide bonds. The molecule has 48 heavy (non-hydrogen) atoms. The van der Waals surface area contributed by atoms with E-state index in [4.69, 9.17) is 4.74 Å². The summed E-state index contributed by atoms with van der Waals surface area (Å²) >= 11 is 0. The number of para-hydroxylation sites is 3. The lowest BCUT2D eigenvalue weighted by Crippen LogP contribution is -2.31. The van der Waals surface area contributed by atoms with Gasteiger partial charge in [0, 0.05) is 26.9 Å². The molecule has 0 aromatic heterocycles. The standard InChI is InChI=1S/C42H31NO3P2/c44-47(33-20-8-2-9-21-33,34-22-10-3-11-23-34)39-30-16-28-37-41(39)46-42-38(43(37)32-18-6-1-7-19-32)29-17-31-40(42)48(45,35-24-12-4-13-25-35)36-26-14-5-15-27-36/h1-31H. The maximum Gasteiger partial charge on any atom is 0.174 e. The van der Waals surface area contributed by atoms with Crippen LogP contribution in [0.5, 0.6) is 11.5 Å². The van der Waals surface area contributed by atoms with Crippen molar-refractivity contribution in [3.63, 3.8) is 0 Å². The normalized spacial score (nSPS) is 12.5. The average molecular weight is 660 g/mol. The third-order valence-electron chi connectivity index (χ3n) is 8.80. The summed E-state index contributed by atoms with van der Waals surface area (Å²) in [5.41, 5.74) is 2.41. The molecule has 8 rings (SSSR count). The highest BCUT2D eigenvalue weighted by Gasteiger charge is 2.41. The monoisotopic (exact) mass is 659 g/mol. The first kappa shape index (κ1) is 30.0. The van der Waals surface area contributed by atoms with Gasteiger partial charge in [-0.05, 0) is 36.4 Å². The summed E-state index contributed by atoms with van der Waals surface area (Å²) in [6, 6.07) is 60.2. The fourth-order valence-electron chi connectivity index (χ4n) is 6.58. The molecule has 232 valence electrons. The van der Waals surface area contributed by atoms with Crippen LogP contribution in [0.1, 0.15) is 0 Å². The summed E-state index contributed by atoms with van der Waals surface area (Å²) in [6.45, 7) is 0. The molecule has 1 heterocycles. The molecule has 0 saturated carbocycles. The molecule has 1 aliphatic rings. The molecule has 4 nitrogen and oxygen atoms in total. The van der Waals surface area contributed by atoms with Crippen molar-refractivity contribution in [3.05, 3.63) is 188 Å². The Bertz CT molecular complexity index is 2080. The van der Waals surface area contributed by atoms with Crippen LogP contribution in [0.2, 0.25) is 0 Å². The van der Waals surface area contributed by atoms with E-state index in [0.717, 1.165) is 17.1 Å². The lowest BCUT2D eigenvalue weighted by Gasteiger charge is -2.37. The van der Waals surface area contributed by atoms with Gasteiger partial charge in [-0.15, -0.1) is 0 Å². The summed E-state index contributed by atoms with van der Waals surface area (Å²) in [7, 11) is -6.92. The summed E-state index contributed by atoms with van der Waals surface area (Å²) in [4.78, 5) is 2.13. The average Bonchev–Trinajstić information content (AvgIpc) is 3.17. The molecular weight excluding hydrogens is 628 g/mol. The van der Waals surface area contributed by atoms with Crippen LogP contribution in [0.4, 0.5) is 17.1 Å². The number of hydrogen-bond acceptors (Lipinski definition) is 4. The molecule has 0 spiro atoms. The summed E-state index contributed by atoms with van der Waals surface area (Å²) < 4.78 is 38.7. The Labute approximate surface area is 280 Å². The quantitative estimate of drug-likeness (QED) is 0.161. The molecule has 0 unspecified atom stereocenters. The maximum atomic E-state index is 15.8. The minimum absolute atomic E-state index is 0.477. The molecular formula is C42H31NO3P2. The molecule has 6 heteroatoms. The van der Waals surface area contributed by atoms with Crippen molar-refractivity contribution < 1.29 is 13.9 Å². The molecule has 0 radical (unpaired) electrons. The third-order valence-corrected chi connectivity index (χ3v) is 15.0. The molecule has 0 bridgehead atoms. The lowest BCUT2D eigenvalue weighted by molar-refractivity contribution is 0.483. The van der Waals surface area contributed by atoms with E-state index < -0.39 is 14.3 Å². The Balaban J connectivity index is 1.44. The Kier molecular flexibility index (Phi) is 7.69. The number of anilines is 3. The van der Waals surface area contributed by atoms with Crippen molar-refractivity contribution >= 4 is 63.2 Å². The fraction of sp³-hybridized carbons (Fsp3) is 0. The van der Waals surface area contributed by atoms with E-state index in [1.807, 2.05) is 188 Å². The first-order valence-corrected chi connectivity index (χ1v) is 19.2. The van der Waals surface area contributed by atoms with Gasteiger partial charge in [-0.3, -0.25) is 0 Å². The fourth-order valence-corrected chi connectivity index (χ4v) is 12.1. The van der Waals surface area contributed by atoms with Gasteiger partial charge in [-0.25, -0.2) is 0 Å². The van der Waals surface area contributed by atoms with Gasteiger partial charge in [0.25, 0.3) is 0 Å². The number of ether oxygens (including phenoxy) is 1. The van der Waals surface area contributed by atoms with E-state index in [1.165, 1.54) is 0 Å². The van der Waals surface area contributed by atoms with Gasteiger partial charge in [-0.2, -0.15) is 0 Å². The predicted octanol–water partition coefficient (Wildman–Crippen LogP) is 8.54. The molecule has 0 atom stereocenters. The van der Waals surface area contributed by atoms with E-state index in [9.17, 15) is 0 Å². The zero-order valence-electron chi connectivity index (χ0n) is 26.0. The predicted molar refractivity (Wildman–Crippen MR) is 200 cm³/mol. The smallest absolute Gasteiger partial charge is 0.174 e. The van der Waals surface area contributed by atoms with Gasteiger partial charge in [0.05, 0.1) is 22.0 Å². The summed E-state index contributed by atoms with van der Waals surface area (Å²) in [5.74, 6) is 0.954. The van der Waals surface area contributed by atoms with Gasteiger partial charge < -0.3 is 18.8 Å². The first-order chi connectivity index (χ1) is 23.6. The first-order valence-electron chi connectivity index (χ1n) is 15.8. The SMILES string of the molecule is O=P(c1ccccc1)(c1ccccc1)c1cccc2c1Oc1c(cccc1P(=O)(c1ccccc1)c1ccccc1)N2c1ccccc1. The van der Waals surface area contributed by atoms with Crippen molar-refractivity contribution in [3.8, 4) is 11.5 Å². The van der Waals surface area contributed by atoms with Gasteiger partial charge in [0.2, 0.25) is 0 Å². The van der Waals surface area contributed by atoms with Crippen molar-refractivity contribution in [1.82, 2.24) is 0 Å². The highest BCUT2D eigenvalue weighted by atomic mass is 31.2. The van der Waals surface area contributed by atoms with Crippen LogP contribution in [-0.2, 0) is 9.13 Å². The van der Waals surface area contributed by atoms with E-state index in [2.05, 4.69) is 4.90 Å². The molecule has 7 aromatic carbocycles. The minimum atomic E-state index is -3.46. The third kappa shape index (κ3) is 4.85. The van der Waals surface area contributed by atoms with Crippen molar-refractivity contribution in [2.45, 2.75) is 0 Å². The summed E-state index contributed by atoms with van der Waals surface area (Å²) in [6.07, 6.45) is 0. The van der Waals surface area contributed by atoms with Crippen LogP contribution in [0.15, 0.2) is 188 Å². The maximum absolute atomic E-state index is 15.8. The van der Waals surface area contributed by atoms with Gasteiger partial charge in [0.1, 0.15) is 0 Å². The topological polar surface area (TPSA) is 46.6 Å². The minimum Gasteiger partial charge on any atom is -0.451 e. The molecule has 0 fully saturated rings. The number of rotatable bonds is 7. The molecule has 1 aliphatic heterocycles. The Morgan fingerprint density at radius 2 is 0.667 bits per heavy atom. The van der Waals surface area contributed by atoms with E-state index >= 15 is 9.13 Å². The lowest BCUT2D eigenvalue weighted by atomic mass is 10.1.